The molecule has 1 aromatic rings. The summed E-state index contributed by atoms with van der Waals surface area (Å²) in [4.78, 5) is 15.3. The van der Waals surface area contributed by atoms with E-state index >= 15 is 0 Å². The fraction of sp³-hybridized carbons (Fsp3) is 0.500. The molecule has 0 aliphatic heterocycles. The van der Waals surface area contributed by atoms with Crippen LogP contribution in [0.1, 0.15) is 26.3 Å². The number of ether oxygens (including phenoxy) is 1. The van der Waals surface area contributed by atoms with Crippen LogP contribution in [0.5, 0.6) is 0 Å². The van der Waals surface area contributed by atoms with Gasteiger partial charge in [-0.05, 0) is 26.0 Å². The van der Waals surface area contributed by atoms with Crippen molar-refractivity contribution in [3.63, 3.8) is 0 Å². The van der Waals surface area contributed by atoms with Gasteiger partial charge in [-0.25, -0.2) is 9.18 Å². The van der Waals surface area contributed by atoms with Crippen LogP contribution >= 0.6 is 0 Å². The molecule has 0 saturated carbocycles. The molecule has 2 rings (SSSR count). The fourth-order valence-electron chi connectivity index (χ4n) is 2.20. The summed E-state index contributed by atoms with van der Waals surface area (Å²) in [7, 11) is 0. The Morgan fingerprint density at radius 3 is 3.06 bits per heavy atom. The Morgan fingerprint density at radius 2 is 2.44 bits per heavy atom. The predicted molar refractivity (Wildman–Crippen MR) is 65.8 cm³/mol. The maximum Gasteiger partial charge on any atom is 0.350 e. The van der Waals surface area contributed by atoms with Gasteiger partial charge in [-0.2, -0.15) is 4.98 Å². The monoisotopic (exact) mass is 253 g/mol. The van der Waals surface area contributed by atoms with Crippen molar-refractivity contribution in [1.82, 2.24) is 9.55 Å². The lowest BCUT2D eigenvalue weighted by atomic mass is 10.0. The Hall–Kier alpha value is -1.69. The number of aromatic nitrogens is 2. The molecular formula is C12H16FN3O2. The lowest BCUT2D eigenvalue weighted by Gasteiger charge is -2.24. The van der Waals surface area contributed by atoms with E-state index in [1.807, 2.05) is 6.92 Å². The molecule has 2 N–H and O–H groups in total. The van der Waals surface area contributed by atoms with E-state index in [2.05, 4.69) is 4.98 Å². The zero-order valence-corrected chi connectivity index (χ0v) is 10.4. The summed E-state index contributed by atoms with van der Waals surface area (Å²) in [5.41, 5.74) is 3.98. The molecule has 1 aromatic heterocycles. The number of nitrogens with two attached hydrogens (primary N) is 1. The van der Waals surface area contributed by atoms with Crippen molar-refractivity contribution in [1.29, 1.82) is 0 Å². The first kappa shape index (κ1) is 12.8. The van der Waals surface area contributed by atoms with E-state index in [-0.39, 0.29) is 17.7 Å². The predicted octanol–water partition coefficient (Wildman–Crippen LogP) is 1.42. The summed E-state index contributed by atoms with van der Waals surface area (Å²) in [6.07, 6.45) is 3.30. The molecule has 6 heteroatoms. The molecule has 2 atom stereocenters. The maximum atomic E-state index is 13.9. The molecular weight excluding hydrogens is 237 g/mol. The summed E-state index contributed by atoms with van der Waals surface area (Å²) in [6.45, 7) is 3.90. The number of nitrogens with zero attached hydrogens (tertiary/aromatic N) is 2. The third-order valence-electron chi connectivity index (χ3n) is 3.11. The van der Waals surface area contributed by atoms with Crippen molar-refractivity contribution in [2.75, 3.05) is 12.3 Å². The minimum absolute atomic E-state index is 0.159. The summed E-state index contributed by atoms with van der Waals surface area (Å²) < 4.78 is 20.7. The third kappa shape index (κ3) is 2.15. The number of halogens is 1. The van der Waals surface area contributed by atoms with Crippen LogP contribution in [-0.2, 0) is 4.74 Å². The molecule has 0 radical (unpaired) electrons. The van der Waals surface area contributed by atoms with Crippen molar-refractivity contribution < 1.29 is 9.13 Å². The van der Waals surface area contributed by atoms with Gasteiger partial charge in [-0.15, -0.1) is 0 Å². The Balaban J connectivity index is 2.31. The minimum atomic E-state index is -0.958. The Bertz CT molecular complexity index is 540. The second kappa shape index (κ2) is 4.53. The SMILES string of the molecule is CCO[C@@]1(C)C[C@@H](n2ccc(N)nc2=O)C=C1F. The first-order chi connectivity index (χ1) is 8.46. The molecule has 0 saturated heterocycles. The van der Waals surface area contributed by atoms with Crippen molar-refractivity contribution in [3.8, 4) is 0 Å². The van der Waals surface area contributed by atoms with Crippen molar-refractivity contribution in [2.45, 2.75) is 31.9 Å². The standard InChI is InChI=1S/C12H16FN3O2/c1-3-18-12(2)7-8(6-9(12)13)16-5-4-10(14)15-11(16)17/h4-6,8H,3,7H2,1-2H3,(H2,14,15,17)/t8-,12-/m0/s1. The van der Waals surface area contributed by atoms with Crippen LogP contribution in [0.2, 0.25) is 0 Å². The number of hydrogen-bond donors (Lipinski definition) is 1. The Kier molecular flexibility index (Phi) is 3.21. The summed E-state index contributed by atoms with van der Waals surface area (Å²) in [5, 5.41) is 0. The number of allylic oxidation sites excluding steroid dienone is 1. The van der Waals surface area contributed by atoms with E-state index in [0.717, 1.165) is 0 Å². The molecule has 1 aliphatic rings. The largest absolute Gasteiger partial charge is 0.383 e. The maximum absolute atomic E-state index is 13.9. The number of anilines is 1. The van der Waals surface area contributed by atoms with Crippen molar-refractivity contribution in [2.24, 2.45) is 0 Å². The van der Waals surface area contributed by atoms with E-state index < -0.39 is 11.3 Å². The zero-order valence-electron chi connectivity index (χ0n) is 10.4. The van der Waals surface area contributed by atoms with Crippen LogP contribution in [0.15, 0.2) is 29.0 Å². The number of nitrogen functional groups attached to an aromatic ring is 1. The quantitative estimate of drug-likeness (QED) is 0.884. The summed E-state index contributed by atoms with van der Waals surface area (Å²) >= 11 is 0. The number of rotatable bonds is 3. The van der Waals surface area contributed by atoms with Crippen molar-refractivity contribution >= 4 is 5.82 Å². The topological polar surface area (TPSA) is 70.1 Å². The van der Waals surface area contributed by atoms with Gasteiger partial charge in [0.15, 0.2) is 0 Å². The lowest BCUT2D eigenvalue weighted by molar-refractivity contribution is -0.0137. The highest BCUT2D eigenvalue weighted by molar-refractivity contribution is 5.25. The lowest BCUT2D eigenvalue weighted by Crippen LogP contribution is -2.31. The molecule has 5 nitrogen and oxygen atoms in total. The van der Waals surface area contributed by atoms with E-state index in [0.29, 0.717) is 13.0 Å². The molecule has 0 spiro atoms. The Labute approximate surface area is 104 Å². The summed E-state index contributed by atoms with van der Waals surface area (Å²) in [5.74, 6) is -0.190. The van der Waals surface area contributed by atoms with Crippen LogP contribution in [0.25, 0.3) is 0 Å². The molecule has 1 aliphatic carbocycles. The second-order valence-corrected chi connectivity index (χ2v) is 4.49. The first-order valence-electron chi connectivity index (χ1n) is 5.82. The number of hydrogen-bond acceptors (Lipinski definition) is 4. The van der Waals surface area contributed by atoms with Gasteiger partial charge >= 0.3 is 5.69 Å². The van der Waals surface area contributed by atoms with E-state index in [4.69, 9.17) is 10.5 Å². The minimum Gasteiger partial charge on any atom is -0.383 e. The van der Waals surface area contributed by atoms with Gasteiger partial charge in [-0.1, -0.05) is 0 Å². The van der Waals surface area contributed by atoms with Crippen LogP contribution < -0.4 is 11.4 Å². The highest BCUT2D eigenvalue weighted by Crippen LogP contribution is 2.39. The Morgan fingerprint density at radius 1 is 1.72 bits per heavy atom. The van der Waals surface area contributed by atoms with Gasteiger partial charge in [0.1, 0.15) is 17.2 Å². The highest BCUT2D eigenvalue weighted by Gasteiger charge is 2.40. The van der Waals surface area contributed by atoms with Crippen LogP contribution in [0.3, 0.4) is 0 Å². The molecule has 0 aromatic carbocycles. The molecule has 1 heterocycles. The van der Waals surface area contributed by atoms with Crippen LogP contribution in [-0.4, -0.2) is 21.8 Å². The molecule has 98 valence electrons. The smallest absolute Gasteiger partial charge is 0.350 e. The second-order valence-electron chi connectivity index (χ2n) is 4.49. The van der Waals surface area contributed by atoms with Gasteiger partial charge in [0.05, 0.1) is 6.04 Å². The third-order valence-corrected chi connectivity index (χ3v) is 3.11. The zero-order chi connectivity index (χ0) is 13.3. The van der Waals surface area contributed by atoms with Gasteiger partial charge in [0.2, 0.25) is 0 Å². The van der Waals surface area contributed by atoms with E-state index in [1.165, 1.54) is 22.9 Å². The van der Waals surface area contributed by atoms with E-state index in [1.54, 1.807) is 6.92 Å². The van der Waals surface area contributed by atoms with Gasteiger partial charge < -0.3 is 10.5 Å². The van der Waals surface area contributed by atoms with Gasteiger partial charge in [0, 0.05) is 19.2 Å². The molecule has 0 bridgehead atoms. The highest BCUT2D eigenvalue weighted by atomic mass is 19.1. The van der Waals surface area contributed by atoms with Crippen LogP contribution in [0, 0.1) is 0 Å². The molecule has 0 fully saturated rings. The fourth-order valence-corrected chi connectivity index (χ4v) is 2.20. The van der Waals surface area contributed by atoms with Crippen LogP contribution in [0.4, 0.5) is 10.2 Å². The van der Waals surface area contributed by atoms with Gasteiger partial charge in [0.25, 0.3) is 0 Å². The molecule has 18 heavy (non-hydrogen) atoms. The normalized spacial score (nSPS) is 27.3. The molecule has 0 unspecified atom stereocenters. The van der Waals surface area contributed by atoms with Crippen molar-refractivity contribution in [3.05, 3.63) is 34.7 Å². The average molecular weight is 253 g/mol. The first-order valence-corrected chi connectivity index (χ1v) is 5.82. The van der Waals surface area contributed by atoms with E-state index in [9.17, 15) is 9.18 Å². The average Bonchev–Trinajstić information content (AvgIpc) is 2.55. The summed E-state index contributed by atoms with van der Waals surface area (Å²) in [6, 6.07) is 1.13. The molecule has 0 amide bonds. The van der Waals surface area contributed by atoms with Gasteiger partial charge in [-0.3, -0.25) is 4.57 Å².